The number of rotatable bonds is 2. The number of sulfone groups is 1. The number of sulfonamides is 1. The molecule has 1 aromatic rings. The largest absolute Gasteiger partial charge is 0.332 e. The molecule has 0 saturated carbocycles. The molecule has 3 rings (SSSR count). The van der Waals surface area contributed by atoms with Gasteiger partial charge in [0.05, 0.1) is 29.8 Å². The summed E-state index contributed by atoms with van der Waals surface area (Å²) in [6, 6.07) is 7.29. The first kappa shape index (κ1) is 16.4. The Kier molecular flexibility index (Phi) is 3.97. The zero-order chi connectivity index (χ0) is 16.8. The maximum atomic E-state index is 12.7. The van der Waals surface area contributed by atoms with E-state index in [4.69, 9.17) is 0 Å². The van der Waals surface area contributed by atoms with Crippen LogP contribution in [0.3, 0.4) is 0 Å². The van der Waals surface area contributed by atoms with Crippen molar-refractivity contribution in [3.63, 3.8) is 0 Å². The molecule has 2 fully saturated rings. The first-order valence-electron chi connectivity index (χ1n) is 7.22. The highest BCUT2D eigenvalue weighted by Gasteiger charge is 2.50. The Bertz CT molecular complexity index is 820. The van der Waals surface area contributed by atoms with Crippen LogP contribution >= 0.6 is 0 Å². The Labute approximate surface area is 135 Å². The molecular weight excluding hydrogens is 340 g/mol. The van der Waals surface area contributed by atoms with Crippen molar-refractivity contribution in [2.45, 2.75) is 12.1 Å². The van der Waals surface area contributed by atoms with E-state index in [0.29, 0.717) is 5.56 Å². The number of carbonyl (C=O) groups excluding carboxylic acids is 1. The summed E-state index contributed by atoms with van der Waals surface area (Å²) in [5.74, 6) is -0.684. The molecule has 0 radical (unpaired) electrons. The zero-order valence-electron chi connectivity index (χ0n) is 12.6. The normalized spacial score (nSPS) is 27.6. The number of piperazine rings is 1. The quantitative estimate of drug-likeness (QED) is 0.715. The average molecular weight is 358 g/mol. The minimum atomic E-state index is -3.51. The second kappa shape index (κ2) is 5.57. The summed E-state index contributed by atoms with van der Waals surface area (Å²) < 4.78 is 49.1. The van der Waals surface area contributed by atoms with Crippen LogP contribution in [0, 0.1) is 0 Å². The second-order valence-electron chi connectivity index (χ2n) is 5.95. The molecular formula is C14H18N2O5S2. The van der Waals surface area contributed by atoms with Gasteiger partial charge in [0.2, 0.25) is 10.0 Å². The molecule has 126 valence electrons. The summed E-state index contributed by atoms with van der Waals surface area (Å²) in [6.07, 6.45) is 1.07. The first-order valence-corrected chi connectivity index (χ1v) is 10.9. The molecule has 23 heavy (non-hydrogen) atoms. The summed E-state index contributed by atoms with van der Waals surface area (Å²) in [4.78, 5) is 14.2. The maximum Gasteiger partial charge on any atom is 0.254 e. The lowest BCUT2D eigenvalue weighted by Crippen LogP contribution is -2.61. The lowest BCUT2D eigenvalue weighted by molar-refractivity contribution is 0.0516. The molecule has 2 atom stereocenters. The van der Waals surface area contributed by atoms with Crippen LogP contribution in [0.5, 0.6) is 0 Å². The van der Waals surface area contributed by atoms with Gasteiger partial charge in [-0.1, -0.05) is 18.2 Å². The zero-order valence-corrected chi connectivity index (χ0v) is 14.3. The molecule has 0 spiro atoms. The van der Waals surface area contributed by atoms with E-state index in [9.17, 15) is 21.6 Å². The van der Waals surface area contributed by atoms with E-state index < -0.39 is 31.9 Å². The molecule has 0 aliphatic carbocycles. The Hall–Kier alpha value is -1.45. The van der Waals surface area contributed by atoms with Crippen molar-refractivity contribution in [3.8, 4) is 0 Å². The lowest BCUT2D eigenvalue weighted by Gasteiger charge is -2.42. The van der Waals surface area contributed by atoms with Gasteiger partial charge in [0, 0.05) is 18.7 Å². The van der Waals surface area contributed by atoms with Crippen molar-refractivity contribution in [2.75, 3.05) is 30.9 Å². The SMILES string of the molecule is CS(=O)(=O)N1CCN(C(=O)c2ccccc2)[C@H]2CS(=O)(=O)C[C@H]21. The molecule has 2 aliphatic heterocycles. The third-order valence-corrected chi connectivity index (χ3v) is 7.34. The van der Waals surface area contributed by atoms with Gasteiger partial charge in [-0.3, -0.25) is 4.79 Å². The second-order valence-corrected chi connectivity index (χ2v) is 10.0. The smallest absolute Gasteiger partial charge is 0.254 e. The van der Waals surface area contributed by atoms with Crippen molar-refractivity contribution in [1.29, 1.82) is 0 Å². The van der Waals surface area contributed by atoms with Crippen LogP contribution in [0.25, 0.3) is 0 Å². The average Bonchev–Trinajstić information content (AvgIpc) is 2.79. The van der Waals surface area contributed by atoms with Gasteiger partial charge < -0.3 is 4.90 Å². The summed E-state index contributed by atoms with van der Waals surface area (Å²) >= 11 is 0. The highest BCUT2D eigenvalue weighted by atomic mass is 32.2. The van der Waals surface area contributed by atoms with Crippen molar-refractivity contribution >= 4 is 25.8 Å². The fourth-order valence-corrected chi connectivity index (χ4v) is 6.53. The van der Waals surface area contributed by atoms with E-state index in [1.165, 1.54) is 9.21 Å². The third-order valence-electron chi connectivity index (χ3n) is 4.33. The van der Waals surface area contributed by atoms with Gasteiger partial charge in [-0.15, -0.1) is 0 Å². The standard InChI is InChI=1S/C14H18N2O5S2/c1-22(18,19)16-8-7-15(12-9-23(20,21)10-13(12)16)14(17)11-5-3-2-4-6-11/h2-6,12-13H,7-10H2,1H3/t12-,13+/m0/s1. The molecule has 0 unspecified atom stereocenters. The fraction of sp³-hybridized carbons (Fsp3) is 0.500. The van der Waals surface area contributed by atoms with Gasteiger partial charge in [-0.25, -0.2) is 16.8 Å². The number of fused-ring (bicyclic) bond motifs is 1. The summed E-state index contributed by atoms with van der Waals surface area (Å²) in [5.41, 5.74) is 0.475. The van der Waals surface area contributed by atoms with Gasteiger partial charge in [-0.05, 0) is 12.1 Å². The topological polar surface area (TPSA) is 91.8 Å². The van der Waals surface area contributed by atoms with Crippen LogP contribution in [0.4, 0.5) is 0 Å². The van der Waals surface area contributed by atoms with Crippen molar-refractivity contribution in [1.82, 2.24) is 9.21 Å². The summed E-state index contributed by atoms with van der Waals surface area (Å²) in [7, 11) is -6.88. The lowest BCUT2D eigenvalue weighted by atomic mass is 10.1. The van der Waals surface area contributed by atoms with Crippen LogP contribution in [0.15, 0.2) is 30.3 Å². The van der Waals surface area contributed by atoms with Crippen molar-refractivity contribution in [3.05, 3.63) is 35.9 Å². The van der Waals surface area contributed by atoms with Gasteiger partial charge >= 0.3 is 0 Å². The van der Waals surface area contributed by atoms with E-state index in [1.54, 1.807) is 30.3 Å². The number of carbonyl (C=O) groups is 1. The number of benzene rings is 1. The van der Waals surface area contributed by atoms with Crippen molar-refractivity contribution < 1.29 is 21.6 Å². The van der Waals surface area contributed by atoms with Crippen LogP contribution in [-0.2, 0) is 19.9 Å². The fourth-order valence-electron chi connectivity index (χ4n) is 3.33. The van der Waals surface area contributed by atoms with Gasteiger partial charge in [0.25, 0.3) is 5.91 Å². The highest BCUT2D eigenvalue weighted by molar-refractivity contribution is 7.92. The van der Waals surface area contributed by atoms with Gasteiger partial charge in [0.1, 0.15) is 0 Å². The monoisotopic (exact) mass is 358 g/mol. The van der Waals surface area contributed by atoms with Gasteiger partial charge in [-0.2, -0.15) is 4.31 Å². The molecule has 1 amide bonds. The van der Waals surface area contributed by atoms with Crippen molar-refractivity contribution in [2.24, 2.45) is 0 Å². The van der Waals surface area contributed by atoms with Crippen LogP contribution in [0.1, 0.15) is 10.4 Å². The highest BCUT2D eigenvalue weighted by Crippen LogP contribution is 2.29. The summed E-state index contributed by atoms with van der Waals surface area (Å²) in [6.45, 7) is 0.311. The predicted octanol–water partition coefficient (Wildman–Crippen LogP) is -0.430. The van der Waals surface area contributed by atoms with Crippen LogP contribution < -0.4 is 0 Å². The van der Waals surface area contributed by atoms with E-state index in [1.807, 2.05) is 0 Å². The Morgan fingerprint density at radius 3 is 2.30 bits per heavy atom. The number of nitrogens with zero attached hydrogens (tertiary/aromatic N) is 2. The van der Waals surface area contributed by atoms with Crippen LogP contribution in [-0.4, -0.2) is 74.9 Å². The van der Waals surface area contributed by atoms with E-state index in [-0.39, 0.29) is 30.5 Å². The molecule has 1 aromatic carbocycles. The molecule has 0 aromatic heterocycles. The predicted molar refractivity (Wildman–Crippen MR) is 85.3 cm³/mol. The van der Waals surface area contributed by atoms with Crippen LogP contribution in [0.2, 0.25) is 0 Å². The molecule has 0 bridgehead atoms. The summed E-state index contributed by atoms with van der Waals surface area (Å²) in [5, 5.41) is 0. The molecule has 2 saturated heterocycles. The van der Waals surface area contributed by atoms with E-state index >= 15 is 0 Å². The molecule has 0 N–H and O–H groups in total. The number of hydrogen-bond donors (Lipinski definition) is 0. The maximum absolute atomic E-state index is 12.7. The van der Waals surface area contributed by atoms with Gasteiger partial charge in [0.15, 0.2) is 9.84 Å². The molecule has 9 heteroatoms. The minimum Gasteiger partial charge on any atom is -0.332 e. The minimum absolute atomic E-state index is 0.119. The molecule has 7 nitrogen and oxygen atoms in total. The number of amides is 1. The van der Waals surface area contributed by atoms with E-state index in [0.717, 1.165) is 6.26 Å². The number of hydrogen-bond acceptors (Lipinski definition) is 5. The Morgan fingerprint density at radius 1 is 1.09 bits per heavy atom. The molecule has 2 aliphatic rings. The Morgan fingerprint density at radius 2 is 1.70 bits per heavy atom. The first-order chi connectivity index (χ1) is 10.7. The molecule has 2 heterocycles. The Balaban J connectivity index is 1.95. The van der Waals surface area contributed by atoms with E-state index in [2.05, 4.69) is 0 Å². The third kappa shape index (κ3) is 3.13.